The predicted octanol–water partition coefficient (Wildman–Crippen LogP) is 3.86. The van der Waals surface area contributed by atoms with E-state index in [0.717, 1.165) is 43.2 Å². The molecule has 3 rings (SSSR count). The van der Waals surface area contributed by atoms with Gasteiger partial charge in [-0.25, -0.2) is 4.98 Å². The van der Waals surface area contributed by atoms with Crippen LogP contribution in [0.5, 0.6) is 0 Å². The van der Waals surface area contributed by atoms with Gasteiger partial charge in [0.2, 0.25) is 5.89 Å². The van der Waals surface area contributed by atoms with Crippen molar-refractivity contribution in [2.24, 2.45) is 0 Å². The van der Waals surface area contributed by atoms with Crippen molar-refractivity contribution in [2.75, 3.05) is 18.0 Å². The van der Waals surface area contributed by atoms with Crippen LogP contribution in [0, 0.1) is 6.92 Å². The monoisotopic (exact) mass is 304 g/mol. The molecule has 0 aliphatic carbocycles. The molecule has 0 aromatic carbocycles. The predicted molar refractivity (Wildman–Crippen MR) is 84.1 cm³/mol. The van der Waals surface area contributed by atoms with Crippen molar-refractivity contribution in [3.63, 3.8) is 0 Å². The first-order chi connectivity index (χ1) is 10.1. The molecule has 5 nitrogen and oxygen atoms in total. The number of piperidine rings is 1. The second kappa shape index (κ2) is 6.10. The van der Waals surface area contributed by atoms with Crippen molar-refractivity contribution in [3.8, 4) is 0 Å². The first-order valence-electron chi connectivity index (χ1n) is 7.50. The zero-order chi connectivity index (χ0) is 14.8. The van der Waals surface area contributed by atoms with Crippen LogP contribution in [-0.2, 0) is 0 Å². The van der Waals surface area contributed by atoms with Crippen molar-refractivity contribution in [2.45, 2.75) is 45.4 Å². The molecule has 0 atom stereocenters. The van der Waals surface area contributed by atoms with Crippen molar-refractivity contribution < 1.29 is 4.52 Å². The van der Waals surface area contributed by atoms with Crippen LogP contribution in [0.25, 0.3) is 0 Å². The lowest BCUT2D eigenvalue weighted by Crippen LogP contribution is -2.33. The van der Waals surface area contributed by atoms with E-state index in [2.05, 4.69) is 46.6 Å². The largest absolute Gasteiger partial charge is 0.353 e. The minimum absolute atomic E-state index is 0.323. The van der Waals surface area contributed by atoms with E-state index >= 15 is 0 Å². The van der Waals surface area contributed by atoms with Crippen LogP contribution in [0.15, 0.2) is 16.5 Å². The molecule has 2 aromatic rings. The maximum Gasteiger partial charge on any atom is 0.229 e. The summed E-state index contributed by atoms with van der Waals surface area (Å²) in [5.74, 6) is 4.55. The van der Waals surface area contributed by atoms with E-state index in [1.165, 1.54) is 13.8 Å². The number of anilines is 1. The van der Waals surface area contributed by atoms with Gasteiger partial charge in [-0.05, 0) is 39.3 Å². The fourth-order valence-electron chi connectivity index (χ4n) is 2.52. The number of rotatable bonds is 3. The Morgan fingerprint density at radius 3 is 2.67 bits per heavy atom. The molecule has 1 aliphatic heterocycles. The molecule has 1 saturated heterocycles. The van der Waals surface area contributed by atoms with E-state index in [0.29, 0.717) is 11.8 Å². The Bertz CT molecular complexity index is 588. The molecule has 0 spiro atoms. The third kappa shape index (κ3) is 3.24. The molecule has 2 aromatic heterocycles. The number of hydrogen-bond donors (Lipinski definition) is 0. The molecule has 1 aliphatic rings. The minimum atomic E-state index is 0.323. The Kier molecular flexibility index (Phi) is 4.20. The van der Waals surface area contributed by atoms with Crippen LogP contribution in [0.3, 0.4) is 0 Å². The van der Waals surface area contributed by atoms with Gasteiger partial charge in [-0.3, -0.25) is 0 Å². The van der Waals surface area contributed by atoms with Gasteiger partial charge in [-0.2, -0.15) is 4.98 Å². The standard InChI is InChI=1S/C15H21N4OP/c1-10(2)13-17-14(20-18-13)12-4-6-19(7-5-12)15-16-8-11(3)9-21-15/h8-10,12H,4-7H2,1-3H3. The van der Waals surface area contributed by atoms with E-state index in [1.807, 2.05) is 6.20 Å². The van der Waals surface area contributed by atoms with E-state index in [9.17, 15) is 0 Å². The maximum absolute atomic E-state index is 5.43. The summed E-state index contributed by atoms with van der Waals surface area (Å²) in [6, 6.07) is 0. The Morgan fingerprint density at radius 1 is 1.33 bits per heavy atom. The van der Waals surface area contributed by atoms with Crippen LogP contribution in [0.2, 0.25) is 0 Å². The van der Waals surface area contributed by atoms with Gasteiger partial charge in [-0.15, -0.1) is 0 Å². The summed E-state index contributed by atoms with van der Waals surface area (Å²) in [5, 5.41) is 4.07. The summed E-state index contributed by atoms with van der Waals surface area (Å²) in [5.41, 5.74) is 2.40. The van der Waals surface area contributed by atoms with E-state index in [-0.39, 0.29) is 0 Å². The first kappa shape index (κ1) is 14.5. The van der Waals surface area contributed by atoms with Gasteiger partial charge in [0.15, 0.2) is 11.4 Å². The zero-order valence-corrected chi connectivity index (χ0v) is 13.7. The Balaban J connectivity index is 1.63. The maximum atomic E-state index is 5.43. The topological polar surface area (TPSA) is 55.1 Å². The normalized spacial score (nSPS) is 17.0. The molecule has 0 bridgehead atoms. The SMILES string of the molecule is Cc1cnc(N2CCC(c3nc(C(C)C)no3)CC2)pc1. The molecule has 1 fully saturated rings. The van der Waals surface area contributed by atoms with Crippen molar-refractivity contribution in [3.05, 3.63) is 29.3 Å². The number of aryl methyl sites for hydroxylation is 1. The highest BCUT2D eigenvalue weighted by atomic mass is 31.0. The van der Waals surface area contributed by atoms with Gasteiger partial charge < -0.3 is 9.42 Å². The van der Waals surface area contributed by atoms with Gasteiger partial charge in [0.25, 0.3) is 0 Å². The van der Waals surface area contributed by atoms with Crippen LogP contribution >= 0.6 is 8.19 Å². The van der Waals surface area contributed by atoms with Crippen LogP contribution in [-0.4, -0.2) is 28.2 Å². The van der Waals surface area contributed by atoms with Gasteiger partial charge >= 0.3 is 0 Å². The molecule has 112 valence electrons. The summed E-state index contributed by atoms with van der Waals surface area (Å²) >= 11 is 0. The summed E-state index contributed by atoms with van der Waals surface area (Å²) in [6.45, 7) is 8.28. The van der Waals surface area contributed by atoms with Gasteiger partial charge in [-0.1, -0.05) is 19.0 Å². The summed E-state index contributed by atoms with van der Waals surface area (Å²) in [7, 11) is 1.20. The lowest BCUT2D eigenvalue weighted by molar-refractivity contribution is 0.326. The summed E-state index contributed by atoms with van der Waals surface area (Å²) in [4.78, 5) is 11.5. The number of hydrogen-bond acceptors (Lipinski definition) is 5. The van der Waals surface area contributed by atoms with Gasteiger partial charge in [0.1, 0.15) is 0 Å². The Labute approximate surface area is 126 Å². The third-order valence-corrected chi connectivity index (χ3v) is 5.03. The van der Waals surface area contributed by atoms with Crippen LogP contribution in [0.1, 0.15) is 55.8 Å². The highest BCUT2D eigenvalue weighted by molar-refractivity contribution is 7.33. The summed E-state index contributed by atoms with van der Waals surface area (Å²) in [6.07, 6.45) is 4.05. The molecule has 0 radical (unpaired) electrons. The fraction of sp³-hybridized carbons (Fsp3) is 0.600. The number of aromatic nitrogens is 3. The molecular formula is C15H21N4OP. The molecular weight excluding hydrogens is 283 g/mol. The molecule has 21 heavy (non-hydrogen) atoms. The Morgan fingerprint density at radius 2 is 2.10 bits per heavy atom. The quantitative estimate of drug-likeness (QED) is 0.861. The second-order valence-electron chi connectivity index (χ2n) is 5.97. The second-order valence-corrected chi connectivity index (χ2v) is 6.88. The Hall–Kier alpha value is -1.48. The lowest BCUT2D eigenvalue weighted by atomic mass is 9.97. The molecule has 3 heterocycles. The molecule has 0 N–H and O–H groups in total. The lowest BCUT2D eigenvalue weighted by Gasteiger charge is -2.30. The third-order valence-electron chi connectivity index (χ3n) is 3.87. The van der Waals surface area contributed by atoms with Crippen molar-refractivity contribution in [1.29, 1.82) is 0 Å². The fourth-order valence-corrected chi connectivity index (χ4v) is 3.40. The molecule has 0 unspecified atom stereocenters. The molecule has 0 amide bonds. The van der Waals surface area contributed by atoms with Gasteiger partial charge in [0.05, 0.1) is 0 Å². The van der Waals surface area contributed by atoms with Crippen LogP contribution < -0.4 is 4.90 Å². The average molecular weight is 304 g/mol. The van der Waals surface area contributed by atoms with E-state index in [1.54, 1.807) is 0 Å². The van der Waals surface area contributed by atoms with Crippen molar-refractivity contribution in [1.82, 2.24) is 15.1 Å². The van der Waals surface area contributed by atoms with Crippen molar-refractivity contribution >= 4 is 13.7 Å². The van der Waals surface area contributed by atoms with Crippen LogP contribution in [0.4, 0.5) is 5.55 Å². The number of nitrogens with zero attached hydrogens (tertiary/aromatic N) is 4. The van der Waals surface area contributed by atoms with E-state index < -0.39 is 0 Å². The minimum Gasteiger partial charge on any atom is -0.353 e. The zero-order valence-electron chi connectivity index (χ0n) is 12.8. The van der Waals surface area contributed by atoms with E-state index in [4.69, 9.17) is 4.52 Å². The molecule has 6 heteroatoms. The van der Waals surface area contributed by atoms with Gasteiger partial charge in [0, 0.05) is 31.1 Å². The smallest absolute Gasteiger partial charge is 0.229 e. The first-order valence-corrected chi connectivity index (χ1v) is 8.47. The highest BCUT2D eigenvalue weighted by Crippen LogP contribution is 2.32. The highest BCUT2D eigenvalue weighted by Gasteiger charge is 2.26. The summed E-state index contributed by atoms with van der Waals surface area (Å²) < 4.78 is 5.43. The molecule has 0 saturated carbocycles. The average Bonchev–Trinajstić information content (AvgIpc) is 2.98.